The van der Waals surface area contributed by atoms with Gasteiger partial charge >= 0.3 is 6.09 Å². The summed E-state index contributed by atoms with van der Waals surface area (Å²) in [5.41, 5.74) is 1.04. The third kappa shape index (κ3) is 3.25. The monoisotopic (exact) mass is 333 g/mol. The number of benzene rings is 1. The standard InChI is InChI=1S/C17H23N3O4/c1-13-11-18(14-5-3-4-6-15(14)23-2)7-8-20(13)16(21)12-19-9-10-24-17(19)22/h3-6,13H,7-12H2,1-2H3. The first kappa shape index (κ1) is 16.4. The molecule has 2 fully saturated rings. The van der Waals surface area contributed by atoms with Gasteiger partial charge in [-0.3, -0.25) is 9.69 Å². The Morgan fingerprint density at radius 3 is 2.75 bits per heavy atom. The first-order chi connectivity index (χ1) is 11.6. The van der Waals surface area contributed by atoms with E-state index in [1.54, 1.807) is 7.11 Å². The molecule has 0 N–H and O–H groups in total. The average Bonchev–Trinajstić information content (AvgIpc) is 2.99. The second kappa shape index (κ2) is 6.98. The molecule has 7 nitrogen and oxygen atoms in total. The summed E-state index contributed by atoms with van der Waals surface area (Å²) < 4.78 is 10.3. The van der Waals surface area contributed by atoms with Crippen molar-refractivity contribution in [1.29, 1.82) is 0 Å². The minimum absolute atomic E-state index is 0.0268. The van der Waals surface area contributed by atoms with Gasteiger partial charge in [0.15, 0.2) is 0 Å². The van der Waals surface area contributed by atoms with Crippen LogP contribution in [-0.2, 0) is 9.53 Å². The molecule has 2 heterocycles. The molecule has 0 saturated carbocycles. The van der Waals surface area contributed by atoms with Crippen molar-refractivity contribution in [2.45, 2.75) is 13.0 Å². The van der Waals surface area contributed by atoms with Crippen LogP contribution in [0.15, 0.2) is 24.3 Å². The summed E-state index contributed by atoms with van der Waals surface area (Å²) in [7, 11) is 1.66. The van der Waals surface area contributed by atoms with E-state index < -0.39 is 6.09 Å². The van der Waals surface area contributed by atoms with Crippen molar-refractivity contribution in [1.82, 2.24) is 9.80 Å². The maximum Gasteiger partial charge on any atom is 0.410 e. The van der Waals surface area contributed by atoms with Crippen LogP contribution in [0, 0.1) is 0 Å². The van der Waals surface area contributed by atoms with E-state index in [0.717, 1.165) is 24.5 Å². The Bertz CT molecular complexity index is 622. The van der Waals surface area contributed by atoms with Gasteiger partial charge in [-0.2, -0.15) is 0 Å². The normalized spacial score (nSPS) is 21.0. The van der Waals surface area contributed by atoms with Crippen LogP contribution in [-0.4, -0.2) is 74.3 Å². The molecular formula is C17H23N3O4. The highest BCUT2D eigenvalue weighted by atomic mass is 16.6. The molecule has 1 unspecified atom stereocenters. The summed E-state index contributed by atoms with van der Waals surface area (Å²) >= 11 is 0. The molecule has 0 aliphatic carbocycles. The van der Waals surface area contributed by atoms with Crippen LogP contribution in [0.1, 0.15) is 6.92 Å². The third-order valence-electron chi connectivity index (χ3n) is 4.54. The van der Waals surface area contributed by atoms with E-state index in [1.807, 2.05) is 36.1 Å². The highest BCUT2D eigenvalue weighted by Gasteiger charge is 2.31. The summed E-state index contributed by atoms with van der Waals surface area (Å²) in [6, 6.07) is 7.97. The van der Waals surface area contributed by atoms with Crippen molar-refractivity contribution in [3.05, 3.63) is 24.3 Å². The lowest BCUT2D eigenvalue weighted by Crippen LogP contribution is -2.56. The van der Waals surface area contributed by atoms with Crippen LogP contribution in [0.4, 0.5) is 10.5 Å². The largest absolute Gasteiger partial charge is 0.495 e. The van der Waals surface area contributed by atoms with Gasteiger partial charge in [0, 0.05) is 25.7 Å². The van der Waals surface area contributed by atoms with E-state index in [2.05, 4.69) is 4.90 Å². The van der Waals surface area contributed by atoms with Gasteiger partial charge in [-0.25, -0.2) is 4.79 Å². The minimum atomic E-state index is -0.399. The number of hydrogen-bond acceptors (Lipinski definition) is 5. The number of para-hydroxylation sites is 2. The zero-order chi connectivity index (χ0) is 17.1. The molecule has 2 amide bonds. The molecule has 2 saturated heterocycles. The van der Waals surface area contributed by atoms with Crippen LogP contribution >= 0.6 is 0 Å². The first-order valence-corrected chi connectivity index (χ1v) is 8.19. The van der Waals surface area contributed by atoms with Crippen molar-refractivity contribution in [3.8, 4) is 5.75 Å². The number of anilines is 1. The predicted molar refractivity (Wildman–Crippen MR) is 89.3 cm³/mol. The molecule has 1 aromatic rings. The van der Waals surface area contributed by atoms with Crippen LogP contribution in [0.5, 0.6) is 5.75 Å². The Balaban J connectivity index is 1.62. The molecule has 130 valence electrons. The predicted octanol–water partition coefficient (Wildman–Crippen LogP) is 1.18. The van der Waals surface area contributed by atoms with E-state index in [0.29, 0.717) is 19.7 Å². The highest BCUT2D eigenvalue weighted by molar-refractivity contribution is 5.83. The quantitative estimate of drug-likeness (QED) is 0.828. The summed E-state index contributed by atoms with van der Waals surface area (Å²) in [5.74, 6) is 0.810. The Kier molecular flexibility index (Phi) is 4.78. The van der Waals surface area contributed by atoms with Gasteiger partial charge in [-0.1, -0.05) is 12.1 Å². The van der Waals surface area contributed by atoms with Gasteiger partial charge < -0.3 is 19.3 Å². The molecule has 0 radical (unpaired) electrons. The molecule has 2 aliphatic heterocycles. The van der Waals surface area contributed by atoms with E-state index in [-0.39, 0.29) is 18.5 Å². The van der Waals surface area contributed by atoms with E-state index in [9.17, 15) is 9.59 Å². The van der Waals surface area contributed by atoms with Gasteiger partial charge in [-0.05, 0) is 19.1 Å². The first-order valence-electron chi connectivity index (χ1n) is 8.19. The van der Waals surface area contributed by atoms with Crippen molar-refractivity contribution < 1.29 is 19.1 Å². The molecule has 1 aromatic carbocycles. The molecule has 24 heavy (non-hydrogen) atoms. The number of hydrogen-bond donors (Lipinski definition) is 0. The van der Waals surface area contributed by atoms with Gasteiger partial charge in [0.05, 0.1) is 19.3 Å². The number of carbonyl (C=O) groups excluding carboxylic acids is 2. The lowest BCUT2D eigenvalue weighted by molar-refractivity contribution is -0.134. The Hall–Kier alpha value is -2.44. The zero-order valence-corrected chi connectivity index (χ0v) is 14.1. The zero-order valence-electron chi connectivity index (χ0n) is 14.1. The molecule has 7 heteroatoms. The maximum absolute atomic E-state index is 12.5. The van der Waals surface area contributed by atoms with Crippen molar-refractivity contribution in [3.63, 3.8) is 0 Å². The van der Waals surface area contributed by atoms with Crippen molar-refractivity contribution in [2.75, 3.05) is 51.3 Å². The lowest BCUT2D eigenvalue weighted by Gasteiger charge is -2.41. The number of cyclic esters (lactones) is 1. The third-order valence-corrected chi connectivity index (χ3v) is 4.54. The van der Waals surface area contributed by atoms with Crippen LogP contribution in [0.2, 0.25) is 0 Å². The van der Waals surface area contributed by atoms with Crippen LogP contribution in [0.3, 0.4) is 0 Å². The molecule has 1 atom stereocenters. The van der Waals surface area contributed by atoms with Gasteiger partial charge in [-0.15, -0.1) is 0 Å². The SMILES string of the molecule is COc1ccccc1N1CCN(C(=O)CN2CCOC2=O)C(C)C1. The number of ether oxygens (including phenoxy) is 2. The molecule has 2 aliphatic rings. The minimum Gasteiger partial charge on any atom is -0.495 e. The Labute approximate surface area is 141 Å². The topological polar surface area (TPSA) is 62.3 Å². The van der Waals surface area contributed by atoms with E-state index >= 15 is 0 Å². The lowest BCUT2D eigenvalue weighted by atomic mass is 10.1. The number of piperazine rings is 1. The van der Waals surface area contributed by atoms with Crippen molar-refractivity contribution >= 4 is 17.7 Å². The van der Waals surface area contributed by atoms with Crippen molar-refractivity contribution in [2.24, 2.45) is 0 Å². The molecular weight excluding hydrogens is 310 g/mol. The van der Waals surface area contributed by atoms with Crippen LogP contribution < -0.4 is 9.64 Å². The molecule has 0 bridgehead atoms. The Morgan fingerprint density at radius 2 is 2.08 bits per heavy atom. The second-order valence-electron chi connectivity index (χ2n) is 6.09. The van der Waals surface area contributed by atoms with Gasteiger partial charge in [0.2, 0.25) is 5.91 Å². The van der Waals surface area contributed by atoms with E-state index in [4.69, 9.17) is 9.47 Å². The molecule has 0 aromatic heterocycles. The maximum atomic E-state index is 12.5. The molecule has 3 rings (SSSR count). The summed E-state index contributed by atoms with van der Waals surface area (Å²) in [6.45, 7) is 5.07. The summed E-state index contributed by atoms with van der Waals surface area (Å²) in [6.07, 6.45) is -0.399. The fourth-order valence-corrected chi connectivity index (χ4v) is 3.26. The van der Waals surface area contributed by atoms with E-state index in [1.165, 1.54) is 4.90 Å². The van der Waals surface area contributed by atoms with Gasteiger partial charge in [0.25, 0.3) is 0 Å². The fraction of sp³-hybridized carbons (Fsp3) is 0.529. The smallest absolute Gasteiger partial charge is 0.410 e. The summed E-state index contributed by atoms with van der Waals surface area (Å²) in [5, 5.41) is 0. The molecule has 0 spiro atoms. The number of nitrogens with zero attached hydrogens (tertiary/aromatic N) is 3. The van der Waals surface area contributed by atoms with Gasteiger partial charge in [0.1, 0.15) is 18.9 Å². The fourth-order valence-electron chi connectivity index (χ4n) is 3.26. The highest BCUT2D eigenvalue weighted by Crippen LogP contribution is 2.29. The number of rotatable bonds is 4. The summed E-state index contributed by atoms with van der Waals surface area (Å²) in [4.78, 5) is 29.5. The Morgan fingerprint density at radius 1 is 1.29 bits per heavy atom. The number of amides is 2. The van der Waals surface area contributed by atoms with Crippen LogP contribution in [0.25, 0.3) is 0 Å². The average molecular weight is 333 g/mol. The second-order valence-corrected chi connectivity index (χ2v) is 6.09. The number of methoxy groups -OCH3 is 1. The number of carbonyl (C=O) groups is 2.